The first-order valence-corrected chi connectivity index (χ1v) is 7.34. The van der Waals surface area contributed by atoms with E-state index in [0.29, 0.717) is 24.3 Å². The van der Waals surface area contributed by atoms with E-state index < -0.39 is 17.8 Å². The predicted molar refractivity (Wildman–Crippen MR) is 82.3 cm³/mol. The third-order valence-electron chi connectivity index (χ3n) is 3.51. The van der Waals surface area contributed by atoms with Crippen molar-refractivity contribution in [3.63, 3.8) is 0 Å². The SMILES string of the molecule is COc1ccc(Br)cc1NC(=O)[C@@H]1CC=CC[C@@H]1C(=O)O. The molecule has 1 aliphatic carbocycles. The Hall–Kier alpha value is -1.82. The highest BCUT2D eigenvalue weighted by Gasteiger charge is 2.34. The molecule has 1 aromatic carbocycles. The Labute approximate surface area is 131 Å². The second-order valence-electron chi connectivity index (χ2n) is 4.83. The fraction of sp³-hybridized carbons (Fsp3) is 0.333. The Morgan fingerprint density at radius 3 is 2.57 bits per heavy atom. The van der Waals surface area contributed by atoms with E-state index in [-0.39, 0.29) is 5.91 Å². The molecule has 0 saturated carbocycles. The number of aliphatic carboxylic acids is 1. The topological polar surface area (TPSA) is 75.6 Å². The molecule has 1 amide bonds. The van der Waals surface area contributed by atoms with Crippen LogP contribution in [0.25, 0.3) is 0 Å². The van der Waals surface area contributed by atoms with Gasteiger partial charge in [-0.1, -0.05) is 28.1 Å². The molecule has 2 N–H and O–H groups in total. The van der Waals surface area contributed by atoms with Crippen LogP contribution >= 0.6 is 15.9 Å². The summed E-state index contributed by atoms with van der Waals surface area (Å²) in [6.07, 6.45) is 4.46. The largest absolute Gasteiger partial charge is 0.495 e. The zero-order chi connectivity index (χ0) is 15.4. The van der Waals surface area contributed by atoms with Gasteiger partial charge in [-0.05, 0) is 31.0 Å². The molecule has 6 heteroatoms. The molecule has 5 nitrogen and oxygen atoms in total. The van der Waals surface area contributed by atoms with Crippen molar-refractivity contribution < 1.29 is 19.4 Å². The van der Waals surface area contributed by atoms with E-state index >= 15 is 0 Å². The van der Waals surface area contributed by atoms with Crippen LogP contribution in [0.1, 0.15) is 12.8 Å². The molecule has 2 atom stereocenters. The van der Waals surface area contributed by atoms with Gasteiger partial charge in [0.15, 0.2) is 0 Å². The molecule has 0 unspecified atom stereocenters. The highest BCUT2D eigenvalue weighted by Crippen LogP contribution is 2.31. The molecule has 21 heavy (non-hydrogen) atoms. The number of hydrogen-bond donors (Lipinski definition) is 2. The molecule has 0 fully saturated rings. The van der Waals surface area contributed by atoms with E-state index in [0.717, 1.165) is 4.47 Å². The lowest BCUT2D eigenvalue weighted by Gasteiger charge is -2.24. The molecule has 112 valence electrons. The average molecular weight is 354 g/mol. The number of nitrogens with one attached hydrogen (secondary N) is 1. The van der Waals surface area contributed by atoms with Crippen LogP contribution in [-0.2, 0) is 9.59 Å². The zero-order valence-corrected chi connectivity index (χ0v) is 13.1. The fourth-order valence-electron chi connectivity index (χ4n) is 2.38. The number of halogens is 1. The number of carboxylic acids is 1. The Balaban J connectivity index is 2.19. The summed E-state index contributed by atoms with van der Waals surface area (Å²) in [5.74, 6) is -1.97. The number of carbonyl (C=O) groups excluding carboxylic acids is 1. The van der Waals surface area contributed by atoms with Crippen molar-refractivity contribution in [1.82, 2.24) is 0 Å². The maximum atomic E-state index is 12.4. The summed E-state index contributed by atoms with van der Waals surface area (Å²) in [5, 5.41) is 12.0. The molecule has 0 saturated heterocycles. The average Bonchev–Trinajstić information content (AvgIpc) is 2.47. The van der Waals surface area contributed by atoms with Crippen molar-refractivity contribution in [3.8, 4) is 5.75 Å². The smallest absolute Gasteiger partial charge is 0.307 e. The number of ether oxygens (including phenoxy) is 1. The minimum atomic E-state index is -0.944. The van der Waals surface area contributed by atoms with Crippen LogP contribution in [0.3, 0.4) is 0 Å². The lowest BCUT2D eigenvalue weighted by atomic mass is 9.82. The van der Waals surface area contributed by atoms with Crippen LogP contribution in [0.2, 0.25) is 0 Å². The standard InChI is InChI=1S/C15H16BrNO4/c1-21-13-7-6-9(16)8-12(13)17-14(18)10-4-2-3-5-11(10)15(19)20/h2-3,6-8,10-11H,4-5H2,1H3,(H,17,18)(H,19,20)/t10-,11+/m1/s1. The lowest BCUT2D eigenvalue weighted by molar-refractivity contribution is -0.146. The summed E-state index contributed by atoms with van der Waals surface area (Å²) >= 11 is 3.33. The van der Waals surface area contributed by atoms with Crippen molar-refractivity contribution in [2.45, 2.75) is 12.8 Å². The Kier molecular flexibility index (Phi) is 5.01. The van der Waals surface area contributed by atoms with Crippen LogP contribution in [0.15, 0.2) is 34.8 Å². The van der Waals surface area contributed by atoms with Gasteiger partial charge in [-0.25, -0.2) is 0 Å². The van der Waals surface area contributed by atoms with Crippen molar-refractivity contribution >= 4 is 33.5 Å². The second-order valence-corrected chi connectivity index (χ2v) is 5.74. The van der Waals surface area contributed by atoms with E-state index in [1.807, 2.05) is 12.2 Å². The van der Waals surface area contributed by atoms with Crippen LogP contribution in [0.4, 0.5) is 5.69 Å². The van der Waals surface area contributed by atoms with E-state index in [1.165, 1.54) is 7.11 Å². The van der Waals surface area contributed by atoms with Crippen LogP contribution in [0.5, 0.6) is 5.75 Å². The fourth-order valence-corrected chi connectivity index (χ4v) is 2.74. The molecule has 0 heterocycles. The quantitative estimate of drug-likeness (QED) is 0.815. The van der Waals surface area contributed by atoms with Crippen LogP contribution < -0.4 is 10.1 Å². The monoisotopic (exact) mass is 353 g/mol. The first kappa shape index (κ1) is 15.6. The maximum absolute atomic E-state index is 12.4. The Bertz CT molecular complexity index is 585. The number of carbonyl (C=O) groups is 2. The number of amides is 1. The Morgan fingerprint density at radius 1 is 1.29 bits per heavy atom. The number of carboxylic acid groups (broad SMARTS) is 1. The first-order chi connectivity index (χ1) is 10.0. The van der Waals surface area contributed by atoms with Crippen molar-refractivity contribution in [3.05, 3.63) is 34.8 Å². The molecule has 1 aliphatic rings. The minimum Gasteiger partial charge on any atom is -0.495 e. The Morgan fingerprint density at radius 2 is 1.95 bits per heavy atom. The van der Waals surface area contributed by atoms with E-state index in [4.69, 9.17) is 4.74 Å². The summed E-state index contributed by atoms with van der Waals surface area (Å²) in [7, 11) is 1.52. The van der Waals surface area contributed by atoms with Crippen LogP contribution in [-0.4, -0.2) is 24.1 Å². The summed E-state index contributed by atoms with van der Waals surface area (Å²) < 4.78 is 6.00. The predicted octanol–water partition coefficient (Wildman–Crippen LogP) is 3.06. The zero-order valence-electron chi connectivity index (χ0n) is 11.5. The van der Waals surface area contributed by atoms with Crippen LogP contribution in [0, 0.1) is 11.8 Å². The highest BCUT2D eigenvalue weighted by molar-refractivity contribution is 9.10. The third-order valence-corrected chi connectivity index (χ3v) is 4.00. The molecule has 0 spiro atoms. The maximum Gasteiger partial charge on any atom is 0.307 e. The molecule has 0 bridgehead atoms. The van der Waals surface area contributed by atoms with E-state index in [9.17, 15) is 14.7 Å². The van der Waals surface area contributed by atoms with Crippen molar-refractivity contribution in [1.29, 1.82) is 0 Å². The van der Waals surface area contributed by atoms with Gasteiger partial charge in [-0.3, -0.25) is 9.59 Å². The summed E-state index contributed by atoms with van der Waals surface area (Å²) in [4.78, 5) is 23.6. The highest BCUT2D eigenvalue weighted by atomic mass is 79.9. The minimum absolute atomic E-state index is 0.303. The second kappa shape index (κ2) is 6.76. The van der Waals surface area contributed by atoms with Gasteiger partial charge in [0.25, 0.3) is 0 Å². The lowest BCUT2D eigenvalue weighted by Crippen LogP contribution is -2.34. The normalized spacial score (nSPS) is 20.9. The van der Waals surface area contributed by atoms with Crippen molar-refractivity contribution in [2.24, 2.45) is 11.8 Å². The van der Waals surface area contributed by atoms with Gasteiger partial charge in [0.2, 0.25) is 5.91 Å². The number of methoxy groups -OCH3 is 1. The van der Waals surface area contributed by atoms with Crippen molar-refractivity contribution in [2.75, 3.05) is 12.4 Å². The number of anilines is 1. The third kappa shape index (κ3) is 3.64. The molecular weight excluding hydrogens is 338 g/mol. The number of rotatable bonds is 4. The molecule has 0 aromatic heterocycles. The van der Waals surface area contributed by atoms with E-state index in [1.54, 1.807) is 18.2 Å². The van der Waals surface area contributed by atoms with Gasteiger partial charge in [-0.2, -0.15) is 0 Å². The molecular formula is C15H16BrNO4. The molecule has 0 aliphatic heterocycles. The van der Waals surface area contributed by atoms with Gasteiger partial charge >= 0.3 is 5.97 Å². The van der Waals surface area contributed by atoms with Gasteiger partial charge in [0.1, 0.15) is 5.75 Å². The summed E-state index contributed by atoms with van der Waals surface area (Å²) in [5.41, 5.74) is 0.524. The van der Waals surface area contributed by atoms with Gasteiger partial charge < -0.3 is 15.2 Å². The summed E-state index contributed by atoms with van der Waals surface area (Å²) in [6.45, 7) is 0. The van der Waals surface area contributed by atoms with Gasteiger partial charge in [-0.15, -0.1) is 0 Å². The molecule has 1 aromatic rings. The summed E-state index contributed by atoms with van der Waals surface area (Å²) in [6, 6.07) is 5.26. The van der Waals surface area contributed by atoms with Gasteiger partial charge in [0, 0.05) is 4.47 Å². The number of benzene rings is 1. The molecule has 2 rings (SSSR count). The molecule has 0 radical (unpaired) electrons. The number of allylic oxidation sites excluding steroid dienone is 2. The first-order valence-electron chi connectivity index (χ1n) is 6.55. The number of hydrogen-bond acceptors (Lipinski definition) is 3. The van der Waals surface area contributed by atoms with E-state index in [2.05, 4.69) is 21.2 Å². The van der Waals surface area contributed by atoms with Gasteiger partial charge in [0.05, 0.1) is 24.6 Å².